The number of nitrogens with zero attached hydrogens (tertiary/aromatic N) is 1. The number of halogens is 1. The Bertz CT molecular complexity index is 495. The van der Waals surface area contributed by atoms with Crippen molar-refractivity contribution < 1.29 is 4.79 Å². The highest BCUT2D eigenvalue weighted by molar-refractivity contribution is 7.09. The monoisotopic (exact) mass is 251 g/mol. The van der Waals surface area contributed by atoms with Crippen LogP contribution in [-0.2, 0) is 17.6 Å². The summed E-state index contributed by atoms with van der Waals surface area (Å²) in [7, 11) is 0. The number of carbonyl (C=O) groups is 1. The van der Waals surface area contributed by atoms with Gasteiger partial charge in [-0.2, -0.15) is 0 Å². The Hall–Kier alpha value is -1.19. The normalized spacial score (nSPS) is 10.3. The highest BCUT2D eigenvalue weighted by Gasteiger charge is 2.05. The predicted octanol–water partition coefficient (Wildman–Crippen LogP) is 3.13. The zero-order chi connectivity index (χ0) is 11.4. The molecule has 0 radical (unpaired) electrons. The standard InChI is InChI=1S/C12H10ClNOS/c13-11-4-2-1-3-9(11)7-12-14-10(5-6-15)8-16-12/h1-4,6,8H,5,7H2. The fourth-order valence-corrected chi connectivity index (χ4v) is 2.45. The summed E-state index contributed by atoms with van der Waals surface area (Å²) in [5.74, 6) is 0. The first-order valence-electron chi connectivity index (χ1n) is 4.90. The molecule has 0 unspecified atom stereocenters. The van der Waals surface area contributed by atoms with Gasteiger partial charge in [0.1, 0.15) is 6.29 Å². The van der Waals surface area contributed by atoms with Crippen LogP contribution in [0.4, 0.5) is 0 Å². The summed E-state index contributed by atoms with van der Waals surface area (Å²) in [6, 6.07) is 7.73. The van der Waals surface area contributed by atoms with Gasteiger partial charge in [-0.05, 0) is 11.6 Å². The van der Waals surface area contributed by atoms with E-state index in [0.717, 1.165) is 34.0 Å². The second-order valence-electron chi connectivity index (χ2n) is 3.37. The van der Waals surface area contributed by atoms with Crippen molar-refractivity contribution in [1.82, 2.24) is 4.98 Å². The average molecular weight is 252 g/mol. The molecule has 16 heavy (non-hydrogen) atoms. The first kappa shape index (κ1) is 11.3. The van der Waals surface area contributed by atoms with Crippen molar-refractivity contribution >= 4 is 29.2 Å². The minimum Gasteiger partial charge on any atom is -0.303 e. The molecule has 1 aromatic carbocycles. The first-order chi connectivity index (χ1) is 7.79. The van der Waals surface area contributed by atoms with Crippen LogP contribution in [0.1, 0.15) is 16.3 Å². The van der Waals surface area contributed by atoms with Crippen molar-refractivity contribution in [2.24, 2.45) is 0 Å². The summed E-state index contributed by atoms with van der Waals surface area (Å²) in [6.45, 7) is 0. The molecule has 0 aliphatic rings. The molecule has 82 valence electrons. The van der Waals surface area contributed by atoms with Crippen molar-refractivity contribution in [2.45, 2.75) is 12.8 Å². The lowest BCUT2D eigenvalue weighted by molar-refractivity contribution is -0.107. The molecule has 0 spiro atoms. The molecule has 2 rings (SSSR count). The van der Waals surface area contributed by atoms with Crippen LogP contribution in [0.15, 0.2) is 29.6 Å². The second kappa shape index (κ2) is 5.23. The number of rotatable bonds is 4. The van der Waals surface area contributed by atoms with E-state index in [0.29, 0.717) is 6.42 Å². The Kier molecular flexibility index (Phi) is 3.70. The topological polar surface area (TPSA) is 30.0 Å². The molecule has 2 aromatic rings. The zero-order valence-corrected chi connectivity index (χ0v) is 10.1. The van der Waals surface area contributed by atoms with Crippen molar-refractivity contribution in [1.29, 1.82) is 0 Å². The van der Waals surface area contributed by atoms with Crippen molar-refractivity contribution in [3.8, 4) is 0 Å². The molecule has 0 aliphatic carbocycles. The van der Waals surface area contributed by atoms with Crippen LogP contribution < -0.4 is 0 Å². The average Bonchev–Trinajstić information content (AvgIpc) is 2.70. The third kappa shape index (κ3) is 2.68. The van der Waals surface area contributed by atoms with E-state index in [9.17, 15) is 4.79 Å². The van der Waals surface area contributed by atoms with Crippen LogP contribution in [0.2, 0.25) is 5.02 Å². The number of benzene rings is 1. The van der Waals surface area contributed by atoms with Gasteiger partial charge in [0.05, 0.1) is 10.7 Å². The van der Waals surface area contributed by atoms with E-state index in [1.54, 1.807) is 11.3 Å². The maximum Gasteiger partial charge on any atom is 0.125 e. The van der Waals surface area contributed by atoms with Gasteiger partial charge in [0.2, 0.25) is 0 Å². The predicted molar refractivity (Wildman–Crippen MR) is 66.1 cm³/mol. The van der Waals surface area contributed by atoms with Gasteiger partial charge in [-0.3, -0.25) is 0 Å². The zero-order valence-electron chi connectivity index (χ0n) is 8.52. The van der Waals surface area contributed by atoms with Crippen LogP contribution in [0, 0.1) is 0 Å². The number of thiazole rings is 1. The lowest BCUT2D eigenvalue weighted by Crippen LogP contribution is -1.90. The smallest absolute Gasteiger partial charge is 0.125 e. The molecular formula is C12H10ClNOS. The van der Waals surface area contributed by atoms with Gasteiger partial charge >= 0.3 is 0 Å². The summed E-state index contributed by atoms with van der Waals surface area (Å²) in [6.07, 6.45) is 1.98. The van der Waals surface area contributed by atoms with Gasteiger partial charge < -0.3 is 4.79 Å². The van der Waals surface area contributed by atoms with E-state index in [2.05, 4.69) is 4.98 Å². The van der Waals surface area contributed by atoms with Crippen LogP contribution >= 0.6 is 22.9 Å². The molecule has 4 heteroatoms. The second-order valence-corrected chi connectivity index (χ2v) is 4.72. The first-order valence-corrected chi connectivity index (χ1v) is 6.15. The van der Waals surface area contributed by atoms with Crippen molar-refractivity contribution in [3.05, 3.63) is 50.9 Å². The fourth-order valence-electron chi connectivity index (χ4n) is 1.41. The molecule has 0 atom stereocenters. The Labute approximate surface area is 103 Å². The van der Waals surface area contributed by atoms with E-state index in [4.69, 9.17) is 11.6 Å². The molecule has 1 heterocycles. The Morgan fingerprint density at radius 2 is 2.19 bits per heavy atom. The SMILES string of the molecule is O=CCc1csc(Cc2ccccc2Cl)n1. The Morgan fingerprint density at radius 3 is 2.94 bits per heavy atom. The maximum absolute atomic E-state index is 10.3. The Morgan fingerprint density at radius 1 is 1.38 bits per heavy atom. The molecule has 0 bridgehead atoms. The number of hydrogen-bond donors (Lipinski definition) is 0. The lowest BCUT2D eigenvalue weighted by atomic mass is 10.1. The van der Waals surface area contributed by atoms with Gasteiger partial charge in [0.25, 0.3) is 0 Å². The minimum absolute atomic E-state index is 0.388. The van der Waals surface area contributed by atoms with E-state index in [-0.39, 0.29) is 0 Å². The highest BCUT2D eigenvalue weighted by atomic mass is 35.5. The summed E-state index contributed by atoms with van der Waals surface area (Å²) in [5, 5.41) is 3.67. The minimum atomic E-state index is 0.388. The molecule has 0 fully saturated rings. The highest BCUT2D eigenvalue weighted by Crippen LogP contribution is 2.20. The van der Waals surface area contributed by atoms with E-state index < -0.39 is 0 Å². The van der Waals surface area contributed by atoms with Crippen LogP contribution in [-0.4, -0.2) is 11.3 Å². The number of aromatic nitrogens is 1. The van der Waals surface area contributed by atoms with Gasteiger partial charge in [-0.1, -0.05) is 29.8 Å². The molecule has 0 N–H and O–H groups in total. The molecule has 1 aromatic heterocycles. The van der Waals surface area contributed by atoms with Gasteiger partial charge in [-0.15, -0.1) is 11.3 Å². The van der Waals surface area contributed by atoms with Gasteiger partial charge in [-0.25, -0.2) is 4.98 Å². The van der Waals surface area contributed by atoms with Crippen molar-refractivity contribution in [3.63, 3.8) is 0 Å². The number of carbonyl (C=O) groups excluding carboxylic acids is 1. The molecule has 0 aliphatic heterocycles. The maximum atomic E-state index is 10.3. The van der Waals surface area contributed by atoms with E-state index in [1.807, 2.05) is 29.6 Å². The Balaban J connectivity index is 2.14. The third-order valence-electron chi connectivity index (χ3n) is 2.19. The molecule has 2 nitrogen and oxygen atoms in total. The molecule has 0 saturated carbocycles. The molecule has 0 amide bonds. The van der Waals surface area contributed by atoms with E-state index >= 15 is 0 Å². The summed E-state index contributed by atoms with van der Waals surface area (Å²) >= 11 is 7.63. The summed E-state index contributed by atoms with van der Waals surface area (Å²) in [5.41, 5.74) is 1.90. The molecular weight excluding hydrogens is 242 g/mol. The quantitative estimate of drug-likeness (QED) is 0.782. The van der Waals surface area contributed by atoms with Crippen LogP contribution in [0.5, 0.6) is 0 Å². The van der Waals surface area contributed by atoms with E-state index in [1.165, 1.54) is 0 Å². The van der Waals surface area contributed by atoms with Crippen molar-refractivity contribution in [2.75, 3.05) is 0 Å². The number of hydrogen-bond acceptors (Lipinski definition) is 3. The lowest BCUT2D eigenvalue weighted by Gasteiger charge is -2.00. The summed E-state index contributed by atoms with van der Waals surface area (Å²) in [4.78, 5) is 14.7. The largest absolute Gasteiger partial charge is 0.303 e. The van der Waals surface area contributed by atoms with Crippen LogP contribution in [0.3, 0.4) is 0 Å². The van der Waals surface area contributed by atoms with Gasteiger partial charge in [0.15, 0.2) is 0 Å². The molecule has 0 saturated heterocycles. The number of aldehydes is 1. The third-order valence-corrected chi connectivity index (χ3v) is 3.46. The summed E-state index contributed by atoms with van der Waals surface area (Å²) < 4.78 is 0. The van der Waals surface area contributed by atoms with Crippen LogP contribution in [0.25, 0.3) is 0 Å². The fraction of sp³-hybridized carbons (Fsp3) is 0.167. The van der Waals surface area contributed by atoms with Gasteiger partial charge in [0, 0.05) is 23.2 Å².